The summed E-state index contributed by atoms with van der Waals surface area (Å²) in [6.07, 6.45) is 4.29. The minimum Gasteiger partial charge on any atom is -0.343 e. The summed E-state index contributed by atoms with van der Waals surface area (Å²) in [6, 6.07) is 0.368. The van der Waals surface area contributed by atoms with Gasteiger partial charge in [0.25, 0.3) is 0 Å². The lowest BCUT2D eigenvalue weighted by atomic mass is 9.89. The van der Waals surface area contributed by atoms with Gasteiger partial charge in [0.1, 0.15) is 0 Å². The van der Waals surface area contributed by atoms with Crippen molar-refractivity contribution in [3.05, 3.63) is 0 Å². The Bertz CT molecular complexity index is 203. The predicted octanol–water partition coefficient (Wildman–Crippen LogP) is -0.456. The number of piperazine rings is 1. The highest BCUT2D eigenvalue weighted by Crippen LogP contribution is 2.20. The summed E-state index contributed by atoms with van der Waals surface area (Å²) < 4.78 is 0. The summed E-state index contributed by atoms with van der Waals surface area (Å²) in [5, 5.41) is 5.43. The van der Waals surface area contributed by atoms with Crippen LogP contribution in [0, 0.1) is 0 Å². The molecule has 2 fully saturated rings. The topological polar surface area (TPSA) is 58.2 Å². The second-order valence-corrected chi connectivity index (χ2v) is 3.44. The zero-order valence-corrected chi connectivity index (χ0v) is 6.80. The lowest BCUT2D eigenvalue weighted by Crippen LogP contribution is -2.62. The molecule has 2 atom stereocenters. The Hall–Kier alpha value is -1.06. The molecule has 0 radical (unpaired) electrons. The third-order valence-corrected chi connectivity index (χ3v) is 2.61. The minimum atomic E-state index is -0.474. The standard InChI is InChI=1S/C8H12N2O2/c11-7-8(12)10-6-4-2-1-3-5(6)9-7/h5-6H,1-4H2,(H,9,11)(H,10,12). The van der Waals surface area contributed by atoms with E-state index in [1.165, 1.54) is 0 Å². The molecule has 0 aromatic carbocycles. The molecule has 2 amide bonds. The van der Waals surface area contributed by atoms with E-state index >= 15 is 0 Å². The van der Waals surface area contributed by atoms with Crippen LogP contribution in [-0.2, 0) is 9.59 Å². The smallest absolute Gasteiger partial charge is 0.309 e. The minimum absolute atomic E-state index is 0.184. The lowest BCUT2D eigenvalue weighted by molar-refractivity contribution is -0.143. The lowest BCUT2D eigenvalue weighted by Gasteiger charge is -2.35. The second kappa shape index (κ2) is 2.77. The van der Waals surface area contributed by atoms with E-state index in [-0.39, 0.29) is 12.1 Å². The molecule has 1 aliphatic carbocycles. The second-order valence-electron chi connectivity index (χ2n) is 3.44. The fourth-order valence-electron chi connectivity index (χ4n) is 1.94. The van der Waals surface area contributed by atoms with Gasteiger partial charge in [0.05, 0.1) is 0 Å². The number of nitrogens with one attached hydrogen (secondary N) is 2. The fraction of sp³-hybridized carbons (Fsp3) is 0.750. The van der Waals surface area contributed by atoms with Crippen LogP contribution in [0.1, 0.15) is 25.7 Å². The van der Waals surface area contributed by atoms with E-state index in [2.05, 4.69) is 10.6 Å². The molecule has 1 heterocycles. The van der Waals surface area contributed by atoms with E-state index < -0.39 is 11.8 Å². The van der Waals surface area contributed by atoms with Crippen molar-refractivity contribution in [2.75, 3.05) is 0 Å². The molecule has 0 spiro atoms. The Kier molecular flexibility index (Phi) is 1.75. The highest BCUT2D eigenvalue weighted by molar-refractivity contribution is 6.35. The molecular weight excluding hydrogens is 156 g/mol. The third kappa shape index (κ3) is 1.17. The van der Waals surface area contributed by atoms with Gasteiger partial charge in [-0.15, -0.1) is 0 Å². The average Bonchev–Trinajstić information content (AvgIpc) is 2.07. The van der Waals surface area contributed by atoms with Gasteiger partial charge in [0.2, 0.25) is 0 Å². The number of carbonyl (C=O) groups is 2. The number of carbonyl (C=O) groups excluding carboxylic acids is 2. The van der Waals surface area contributed by atoms with Crippen molar-refractivity contribution >= 4 is 11.8 Å². The fourth-order valence-corrected chi connectivity index (χ4v) is 1.94. The van der Waals surface area contributed by atoms with E-state index in [0.717, 1.165) is 25.7 Å². The van der Waals surface area contributed by atoms with Crippen molar-refractivity contribution in [3.63, 3.8) is 0 Å². The van der Waals surface area contributed by atoms with Crippen LogP contribution in [0.15, 0.2) is 0 Å². The number of amides is 2. The third-order valence-electron chi connectivity index (χ3n) is 2.61. The van der Waals surface area contributed by atoms with Gasteiger partial charge in [-0.2, -0.15) is 0 Å². The summed E-state index contributed by atoms with van der Waals surface area (Å²) in [4.78, 5) is 21.9. The summed E-state index contributed by atoms with van der Waals surface area (Å²) in [5.74, 6) is -0.948. The van der Waals surface area contributed by atoms with Gasteiger partial charge in [-0.25, -0.2) is 0 Å². The molecule has 0 bridgehead atoms. The maximum Gasteiger partial charge on any atom is 0.309 e. The monoisotopic (exact) mass is 168 g/mol. The molecule has 2 rings (SSSR count). The highest BCUT2D eigenvalue weighted by atomic mass is 16.2. The molecule has 1 saturated heterocycles. The number of rotatable bonds is 0. The molecule has 2 unspecified atom stereocenters. The van der Waals surface area contributed by atoms with Gasteiger partial charge in [0, 0.05) is 12.1 Å². The molecular formula is C8H12N2O2. The van der Waals surface area contributed by atoms with Crippen molar-refractivity contribution in [2.24, 2.45) is 0 Å². The predicted molar refractivity (Wildman–Crippen MR) is 42.3 cm³/mol. The van der Waals surface area contributed by atoms with E-state index in [1.54, 1.807) is 0 Å². The SMILES string of the molecule is O=C1NC2CCCCC2NC1=O. The van der Waals surface area contributed by atoms with Crippen molar-refractivity contribution in [1.29, 1.82) is 0 Å². The Morgan fingerprint density at radius 2 is 1.33 bits per heavy atom. The molecule has 4 heteroatoms. The van der Waals surface area contributed by atoms with Crippen molar-refractivity contribution in [2.45, 2.75) is 37.8 Å². The average molecular weight is 168 g/mol. The molecule has 2 aliphatic rings. The van der Waals surface area contributed by atoms with E-state index in [9.17, 15) is 9.59 Å². The number of hydrogen-bond donors (Lipinski definition) is 2. The molecule has 0 aromatic rings. The Morgan fingerprint density at radius 1 is 0.917 bits per heavy atom. The Morgan fingerprint density at radius 3 is 1.75 bits per heavy atom. The summed E-state index contributed by atoms with van der Waals surface area (Å²) >= 11 is 0. The number of hydrogen-bond acceptors (Lipinski definition) is 2. The van der Waals surface area contributed by atoms with Gasteiger partial charge >= 0.3 is 11.8 Å². The van der Waals surface area contributed by atoms with Gasteiger partial charge in [-0.05, 0) is 12.8 Å². The maximum absolute atomic E-state index is 10.9. The van der Waals surface area contributed by atoms with Gasteiger partial charge in [-0.3, -0.25) is 9.59 Å². The first-order chi connectivity index (χ1) is 5.77. The van der Waals surface area contributed by atoms with Crippen LogP contribution in [0.3, 0.4) is 0 Å². The normalized spacial score (nSPS) is 35.0. The molecule has 1 saturated carbocycles. The zero-order valence-electron chi connectivity index (χ0n) is 6.80. The maximum atomic E-state index is 10.9. The van der Waals surface area contributed by atoms with E-state index in [4.69, 9.17) is 0 Å². The van der Waals surface area contributed by atoms with Crippen molar-refractivity contribution in [3.8, 4) is 0 Å². The first-order valence-electron chi connectivity index (χ1n) is 4.39. The first-order valence-corrected chi connectivity index (χ1v) is 4.39. The Labute approximate surface area is 70.7 Å². The van der Waals surface area contributed by atoms with Gasteiger partial charge in [0.15, 0.2) is 0 Å². The summed E-state index contributed by atoms with van der Waals surface area (Å²) in [5.41, 5.74) is 0. The van der Waals surface area contributed by atoms with Gasteiger partial charge < -0.3 is 10.6 Å². The largest absolute Gasteiger partial charge is 0.343 e. The van der Waals surface area contributed by atoms with Crippen LogP contribution >= 0.6 is 0 Å². The van der Waals surface area contributed by atoms with Gasteiger partial charge in [-0.1, -0.05) is 12.8 Å². The zero-order chi connectivity index (χ0) is 8.55. The molecule has 4 nitrogen and oxygen atoms in total. The number of fused-ring (bicyclic) bond motifs is 1. The molecule has 1 aliphatic heterocycles. The highest BCUT2D eigenvalue weighted by Gasteiger charge is 2.34. The van der Waals surface area contributed by atoms with Crippen LogP contribution < -0.4 is 10.6 Å². The quantitative estimate of drug-likeness (QED) is 0.481. The van der Waals surface area contributed by atoms with Crippen LogP contribution in [0.4, 0.5) is 0 Å². The molecule has 12 heavy (non-hydrogen) atoms. The Balaban J connectivity index is 2.07. The summed E-state index contributed by atoms with van der Waals surface area (Å²) in [7, 11) is 0. The van der Waals surface area contributed by atoms with E-state index in [0.29, 0.717) is 0 Å². The van der Waals surface area contributed by atoms with Crippen LogP contribution in [0.25, 0.3) is 0 Å². The van der Waals surface area contributed by atoms with Crippen LogP contribution in [-0.4, -0.2) is 23.9 Å². The van der Waals surface area contributed by atoms with E-state index in [1.807, 2.05) is 0 Å². The van der Waals surface area contributed by atoms with Crippen LogP contribution in [0.5, 0.6) is 0 Å². The summed E-state index contributed by atoms with van der Waals surface area (Å²) in [6.45, 7) is 0. The molecule has 2 N–H and O–H groups in total. The molecule has 0 aromatic heterocycles. The van der Waals surface area contributed by atoms with Crippen molar-refractivity contribution in [1.82, 2.24) is 10.6 Å². The van der Waals surface area contributed by atoms with Crippen LogP contribution in [0.2, 0.25) is 0 Å². The van der Waals surface area contributed by atoms with Crippen molar-refractivity contribution < 1.29 is 9.59 Å². The molecule has 66 valence electrons. The first kappa shape index (κ1) is 7.58.